The summed E-state index contributed by atoms with van der Waals surface area (Å²) in [6.07, 6.45) is 0. The van der Waals surface area contributed by atoms with Crippen molar-refractivity contribution in [3.63, 3.8) is 0 Å². The molecule has 0 aromatic carbocycles. The standard InChI is InChI=1S/2C2H4O2.Cu.K.Pd.H/c2*1-2(3)4;;;;/h2*1H3,(H,3,4);;;;/q;;+2;+1;;-1/p-2. The van der Waals surface area contributed by atoms with E-state index in [0.29, 0.717) is 0 Å². The molecule has 0 amide bonds. The Morgan fingerprint density at radius 3 is 1.09 bits per heavy atom. The summed E-state index contributed by atoms with van der Waals surface area (Å²) >= 11 is 0. The Bertz CT molecular complexity index is 85.1. The first kappa shape index (κ1) is 29.3. The van der Waals surface area contributed by atoms with E-state index in [9.17, 15) is 0 Å². The van der Waals surface area contributed by atoms with Crippen molar-refractivity contribution in [3.8, 4) is 0 Å². The van der Waals surface area contributed by atoms with Gasteiger partial charge < -0.3 is 21.2 Å². The Labute approximate surface area is 134 Å². The second-order valence-corrected chi connectivity index (χ2v) is 0.983. The van der Waals surface area contributed by atoms with E-state index in [1.165, 1.54) is 0 Å². The van der Waals surface area contributed by atoms with Gasteiger partial charge in [0.25, 0.3) is 0 Å². The molecule has 0 aliphatic rings. The van der Waals surface area contributed by atoms with Crippen LogP contribution in [0.2, 0.25) is 0 Å². The molecule has 69 valence electrons. The normalized spacial score (nSPS) is 4.55. The molecule has 11 heavy (non-hydrogen) atoms. The van der Waals surface area contributed by atoms with Crippen LogP contribution in [0.15, 0.2) is 0 Å². The molecule has 1 radical (unpaired) electrons. The average Bonchev–Trinajstić information content (AvgIpc) is 1.25. The van der Waals surface area contributed by atoms with Crippen LogP contribution in [0.25, 0.3) is 0 Å². The topological polar surface area (TPSA) is 80.3 Å². The van der Waals surface area contributed by atoms with E-state index < -0.39 is 11.9 Å². The molecule has 0 aliphatic heterocycles. The molecular weight excluding hydrogens is 321 g/mol. The maximum atomic E-state index is 8.89. The maximum absolute atomic E-state index is 8.89. The van der Waals surface area contributed by atoms with Gasteiger partial charge in [0.2, 0.25) is 0 Å². The van der Waals surface area contributed by atoms with Crippen molar-refractivity contribution < 1.29 is 110 Å². The first-order valence-electron chi connectivity index (χ1n) is 1.82. The minimum atomic E-state index is -1.08. The smallest absolute Gasteiger partial charge is 1.00 e. The molecule has 0 saturated carbocycles. The fourth-order valence-corrected chi connectivity index (χ4v) is 0. The molecule has 0 heterocycles. The van der Waals surface area contributed by atoms with Gasteiger partial charge >= 0.3 is 68.5 Å². The number of carboxylic acids is 2. The van der Waals surface area contributed by atoms with E-state index in [-0.39, 0.29) is 90.3 Å². The SMILES string of the molecule is CC(=O)[O-].CC(=O)[O-].[Cu+2].[H-].[K+].[Pd]. The average molecular weight is 328 g/mol. The fourth-order valence-electron chi connectivity index (χ4n) is 0. The molecule has 0 aliphatic carbocycles. The van der Waals surface area contributed by atoms with Crippen LogP contribution in [-0.2, 0) is 47.1 Å². The fraction of sp³-hybridized carbons (Fsp3) is 0.500. The minimum Gasteiger partial charge on any atom is -1.00 e. The summed E-state index contributed by atoms with van der Waals surface area (Å²) in [5, 5.41) is 17.8. The number of hydrogen-bond acceptors (Lipinski definition) is 4. The molecule has 0 spiro atoms. The summed E-state index contributed by atoms with van der Waals surface area (Å²) < 4.78 is 0. The van der Waals surface area contributed by atoms with Gasteiger partial charge in [-0.05, 0) is 13.8 Å². The molecule has 0 unspecified atom stereocenters. The van der Waals surface area contributed by atoms with Gasteiger partial charge in [-0.2, -0.15) is 0 Å². The van der Waals surface area contributed by atoms with Crippen LogP contribution in [0.4, 0.5) is 0 Å². The Balaban J connectivity index is -0.0000000112. The van der Waals surface area contributed by atoms with Crippen LogP contribution < -0.4 is 61.6 Å². The van der Waals surface area contributed by atoms with Gasteiger partial charge in [0.15, 0.2) is 0 Å². The van der Waals surface area contributed by atoms with Crippen molar-refractivity contribution in [1.29, 1.82) is 0 Å². The van der Waals surface area contributed by atoms with Gasteiger partial charge in [0, 0.05) is 32.4 Å². The molecule has 0 aromatic heterocycles. The van der Waals surface area contributed by atoms with Crippen LogP contribution in [0, 0.1) is 0 Å². The van der Waals surface area contributed by atoms with Crippen molar-refractivity contribution in [2.75, 3.05) is 0 Å². The summed E-state index contributed by atoms with van der Waals surface area (Å²) in [6, 6.07) is 0. The maximum Gasteiger partial charge on any atom is 2.00 e. The zero-order valence-corrected chi connectivity index (χ0v) is 11.9. The van der Waals surface area contributed by atoms with Crippen molar-refractivity contribution in [1.82, 2.24) is 0 Å². The summed E-state index contributed by atoms with van der Waals surface area (Å²) in [5.74, 6) is -2.17. The molecular formula is C4H7CuKO4Pd. The van der Waals surface area contributed by atoms with E-state index >= 15 is 0 Å². The van der Waals surface area contributed by atoms with Gasteiger partial charge in [-0.3, -0.25) is 0 Å². The van der Waals surface area contributed by atoms with Gasteiger partial charge in [0.05, 0.1) is 0 Å². The zero-order chi connectivity index (χ0) is 7.15. The largest absolute Gasteiger partial charge is 2.00 e. The minimum absolute atomic E-state index is 0. The number of carbonyl (C=O) groups excluding carboxylic acids is 2. The zero-order valence-electron chi connectivity index (χ0n) is 7.25. The molecule has 0 aromatic rings. The monoisotopic (exact) mass is 327 g/mol. The van der Waals surface area contributed by atoms with Crippen LogP contribution in [0.5, 0.6) is 0 Å². The summed E-state index contributed by atoms with van der Waals surface area (Å²) in [5.41, 5.74) is 0. The predicted octanol–water partition coefficient (Wildman–Crippen LogP) is -5.38. The van der Waals surface area contributed by atoms with Gasteiger partial charge in [-0.25, -0.2) is 0 Å². The van der Waals surface area contributed by atoms with E-state index in [1.54, 1.807) is 0 Å². The van der Waals surface area contributed by atoms with Crippen molar-refractivity contribution in [2.45, 2.75) is 13.8 Å². The quantitative estimate of drug-likeness (QED) is 0.416. The van der Waals surface area contributed by atoms with E-state index in [4.69, 9.17) is 19.8 Å². The second kappa shape index (κ2) is 22.6. The first-order chi connectivity index (χ1) is 3.46. The third-order valence-electron chi connectivity index (χ3n) is 0. The number of rotatable bonds is 0. The molecule has 0 N–H and O–H groups in total. The van der Waals surface area contributed by atoms with Gasteiger partial charge in [-0.1, -0.05) is 0 Å². The molecule has 0 rings (SSSR count). The second-order valence-electron chi connectivity index (χ2n) is 0.983. The number of aliphatic carboxylic acids is 2. The Morgan fingerprint density at radius 1 is 1.09 bits per heavy atom. The molecule has 7 heteroatoms. The number of hydrogen-bond donors (Lipinski definition) is 0. The Morgan fingerprint density at radius 2 is 1.09 bits per heavy atom. The van der Waals surface area contributed by atoms with Crippen molar-refractivity contribution >= 4 is 11.9 Å². The van der Waals surface area contributed by atoms with Gasteiger partial charge in [-0.15, -0.1) is 0 Å². The van der Waals surface area contributed by atoms with Crippen LogP contribution >= 0.6 is 0 Å². The number of carbonyl (C=O) groups is 2. The molecule has 0 saturated heterocycles. The molecule has 0 atom stereocenters. The van der Waals surface area contributed by atoms with E-state index in [0.717, 1.165) is 13.8 Å². The third kappa shape index (κ3) is 362. The van der Waals surface area contributed by atoms with E-state index in [1.807, 2.05) is 0 Å². The number of carboxylic acid groups (broad SMARTS) is 2. The van der Waals surface area contributed by atoms with Gasteiger partial charge in [0.1, 0.15) is 0 Å². The van der Waals surface area contributed by atoms with Crippen molar-refractivity contribution in [2.24, 2.45) is 0 Å². The predicted molar refractivity (Wildman–Crippen MR) is 22.5 cm³/mol. The van der Waals surface area contributed by atoms with E-state index in [2.05, 4.69) is 0 Å². The summed E-state index contributed by atoms with van der Waals surface area (Å²) in [7, 11) is 0. The molecule has 4 nitrogen and oxygen atoms in total. The van der Waals surface area contributed by atoms with Crippen LogP contribution in [0.1, 0.15) is 15.3 Å². The summed E-state index contributed by atoms with van der Waals surface area (Å²) in [4.78, 5) is 17.8. The van der Waals surface area contributed by atoms with Crippen molar-refractivity contribution in [3.05, 3.63) is 0 Å². The first-order valence-corrected chi connectivity index (χ1v) is 1.82. The molecule has 0 fully saturated rings. The Hall–Kier alpha value is 1.76. The third-order valence-corrected chi connectivity index (χ3v) is 0. The molecule has 0 bridgehead atoms. The summed E-state index contributed by atoms with van der Waals surface area (Å²) in [6.45, 7) is 1.94. The Kier molecular flexibility index (Phi) is 60.2. The van der Waals surface area contributed by atoms with Crippen LogP contribution in [-0.4, -0.2) is 11.9 Å². The van der Waals surface area contributed by atoms with Crippen LogP contribution in [0.3, 0.4) is 0 Å².